The van der Waals surface area contributed by atoms with Gasteiger partial charge in [-0.1, -0.05) is 42.0 Å². The summed E-state index contributed by atoms with van der Waals surface area (Å²) in [5.41, 5.74) is 3.01. The molecular formula is C21H23F2N5. The average Bonchev–Trinajstić information content (AvgIpc) is 3.16. The van der Waals surface area contributed by atoms with Crippen LogP contribution in [0.5, 0.6) is 0 Å². The molecule has 0 amide bonds. The van der Waals surface area contributed by atoms with E-state index in [-0.39, 0.29) is 17.4 Å². The van der Waals surface area contributed by atoms with E-state index in [0.717, 1.165) is 37.0 Å². The molecule has 3 heterocycles. The molecule has 1 aliphatic heterocycles. The number of piperidine rings is 1. The first kappa shape index (κ1) is 18.7. The molecule has 1 saturated heterocycles. The average molecular weight is 383 g/mol. The Kier molecular flexibility index (Phi) is 5.43. The van der Waals surface area contributed by atoms with Crippen molar-refractivity contribution in [3.63, 3.8) is 0 Å². The molecule has 4 rings (SSSR count). The number of hydrogen-bond acceptors (Lipinski definition) is 4. The van der Waals surface area contributed by atoms with Gasteiger partial charge in [-0.25, -0.2) is 13.8 Å². The van der Waals surface area contributed by atoms with E-state index in [1.165, 1.54) is 23.5 Å². The molecule has 1 atom stereocenters. The van der Waals surface area contributed by atoms with Crippen LogP contribution in [0, 0.1) is 0 Å². The fourth-order valence-electron chi connectivity index (χ4n) is 3.89. The number of likely N-dealkylation sites (tertiary alicyclic amines) is 1. The highest BCUT2D eigenvalue weighted by molar-refractivity contribution is 5.52. The van der Waals surface area contributed by atoms with Crippen molar-refractivity contribution in [1.82, 2.24) is 24.5 Å². The second-order valence-electron chi connectivity index (χ2n) is 7.35. The van der Waals surface area contributed by atoms with Gasteiger partial charge in [-0.15, -0.1) is 0 Å². The molecule has 1 aromatic carbocycles. The third kappa shape index (κ3) is 4.09. The Balaban J connectivity index is 1.51. The second kappa shape index (κ2) is 8.14. The molecule has 0 N–H and O–H groups in total. The van der Waals surface area contributed by atoms with Crippen LogP contribution < -0.4 is 0 Å². The van der Waals surface area contributed by atoms with E-state index >= 15 is 0 Å². The summed E-state index contributed by atoms with van der Waals surface area (Å²) in [5, 5.41) is 3.87. The largest absolute Gasteiger partial charge is 0.299 e. The van der Waals surface area contributed by atoms with Crippen LogP contribution in [-0.2, 0) is 0 Å². The molecule has 7 heteroatoms. The summed E-state index contributed by atoms with van der Waals surface area (Å²) in [6.45, 7) is 4.80. The SMILES string of the molecule is C/C(=C\c1ccccc1)CN1CCCC(c2cc(C(F)F)n3ncnc3n2)C1. The predicted octanol–water partition coefficient (Wildman–Crippen LogP) is 4.34. The number of hydrogen-bond donors (Lipinski definition) is 0. The van der Waals surface area contributed by atoms with Gasteiger partial charge in [-0.2, -0.15) is 14.6 Å². The lowest BCUT2D eigenvalue weighted by Gasteiger charge is -2.32. The van der Waals surface area contributed by atoms with E-state index in [4.69, 9.17) is 0 Å². The highest BCUT2D eigenvalue weighted by Gasteiger charge is 2.25. The molecule has 1 fully saturated rings. The monoisotopic (exact) mass is 383 g/mol. The Hall–Kier alpha value is -2.67. The number of fused-ring (bicyclic) bond motifs is 1. The lowest BCUT2D eigenvalue weighted by molar-refractivity contribution is 0.142. The number of alkyl halides is 2. The van der Waals surface area contributed by atoms with E-state index in [1.54, 1.807) is 0 Å². The first-order valence-corrected chi connectivity index (χ1v) is 9.53. The number of aromatic nitrogens is 4. The van der Waals surface area contributed by atoms with Gasteiger partial charge >= 0.3 is 0 Å². The van der Waals surface area contributed by atoms with Crippen molar-refractivity contribution in [1.29, 1.82) is 0 Å². The molecule has 2 aromatic heterocycles. The minimum absolute atomic E-state index is 0.123. The van der Waals surface area contributed by atoms with Gasteiger partial charge in [-0.05, 0) is 37.9 Å². The van der Waals surface area contributed by atoms with Crippen LogP contribution in [0.3, 0.4) is 0 Å². The molecule has 3 aromatic rings. The fourth-order valence-corrected chi connectivity index (χ4v) is 3.89. The lowest BCUT2D eigenvalue weighted by atomic mass is 9.93. The molecule has 5 nitrogen and oxygen atoms in total. The van der Waals surface area contributed by atoms with Crippen molar-refractivity contribution in [3.05, 3.63) is 65.2 Å². The first-order chi connectivity index (χ1) is 13.6. The maximum atomic E-state index is 13.4. The zero-order chi connectivity index (χ0) is 19.5. The van der Waals surface area contributed by atoms with Crippen LogP contribution in [-0.4, -0.2) is 44.1 Å². The van der Waals surface area contributed by atoms with E-state index in [1.807, 2.05) is 18.2 Å². The topological polar surface area (TPSA) is 46.3 Å². The normalized spacial score (nSPS) is 18.9. The molecule has 0 radical (unpaired) electrons. The molecule has 1 unspecified atom stereocenters. The minimum atomic E-state index is -2.61. The molecule has 0 saturated carbocycles. The second-order valence-corrected chi connectivity index (χ2v) is 7.35. The minimum Gasteiger partial charge on any atom is -0.299 e. The van der Waals surface area contributed by atoms with Crippen LogP contribution >= 0.6 is 0 Å². The summed E-state index contributed by atoms with van der Waals surface area (Å²) in [6.07, 6.45) is 2.81. The van der Waals surface area contributed by atoms with Gasteiger partial charge in [0, 0.05) is 19.0 Å². The zero-order valence-corrected chi connectivity index (χ0v) is 15.8. The molecule has 146 valence electrons. The Morgan fingerprint density at radius 2 is 2.11 bits per heavy atom. The first-order valence-electron chi connectivity index (χ1n) is 9.53. The van der Waals surface area contributed by atoms with Gasteiger partial charge in [0.05, 0.1) is 5.69 Å². The number of halogens is 2. The third-order valence-corrected chi connectivity index (χ3v) is 5.13. The van der Waals surface area contributed by atoms with Crippen molar-refractivity contribution < 1.29 is 8.78 Å². The van der Waals surface area contributed by atoms with Crippen LogP contribution in [0.2, 0.25) is 0 Å². The van der Waals surface area contributed by atoms with Crippen molar-refractivity contribution in [3.8, 4) is 0 Å². The summed E-state index contributed by atoms with van der Waals surface area (Å²) in [4.78, 5) is 10.9. The maximum absolute atomic E-state index is 13.4. The molecular weight excluding hydrogens is 360 g/mol. The van der Waals surface area contributed by atoms with Gasteiger partial charge in [0.15, 0.2) is 0 Å². The van der Waals surface area contributed by atoms with Crippen molar-refractivity contribution in [2.45, 2.75) is 32.1 Å². The molecule has 0 aliphatic carbocycles. The highest BCUT2D eigenvalue weighted by atomic mass is 19.3. The van der Waals surface area contributed by atoms with Crippen molar-refractivity contribution >= 4 is 11.9 Å². The standard InChI is InChI=1S/C21H23F2N5/c1-15(10-16-6-3-2-4-7-16)12-27-9-5-8-17(13-27)18-11-19(20(22)23)28-21(26-18)24-14-25-28/h2-4,6-7,10-11,14,17,20H,5,8-9,12-13H2,1H3/b15-10+. The Morgan fingerprint density at radius 1 is 1.29 bits per heavy atom. The quantitative estimate of drug-likeness (QED) is 0.657. The zero-order valence-electron chi connectivity index (χ0n) is 15.8. The maximum Gasteiger partial charge on any atom is 0.280 e. The van der Waals surface area contributed by atoms with Crippen molar-refractivity contribution in [2.75, 3.05) is 19.6 Å². The van der Waals surface area contributed by atoms with Gasteiger partial charge in [0.1, 0.15) is 12.0 Å². The summed E-state index contributed by atoms with van der Waals surface area (Å²) < 4.78 is 28.0. The van der Waals surface area contributed by atoms with E-state index in [0.29, 0.717) is 5.69 Å². The molecule has 0 spiro atoms. The number of rotatable bonds is 5. The predicted molar refractivity (Wildman–Crippen MR) is 104 cm³/mol. The van der Waals surface area contributed by atoms with Gasteiger partial charge in [0.25, 0.3) is 12.2 Å². The lowest BCUT2D eigenvalue weighted by Crippen LogP contribution is -2.35. The van der Waals surface area contributed by atoms with Gasteiger partial charge in [-0.3, -0.25) is 4.90 Å². The summed E-state index contributed by atoms with van der Waals surface area (Å²) in [6, 6.07) is 11.7. The number of benzene rings is 1. The molecule has 1 aliphatic rings. The van der Waals surface area contributed by atoms with Gasteiger partial charge < -0.3 is 0 Å². The Morgan fingerprint density at radius 3 is 2.89 bits per heavy atom. The van der Waals surface area contributed by atoms with Crippen LogP contribution in [0.4, 0.5) is 8.78 Å². The van der Waals surface area contributed by atoms with Crippen LogP contribution in [0.1, 0.15) is 49.1 Å². The van der Waals surface area contributed by atoms with Crippen molar-refractivity contribution in [2.24, 2.45) is 0 Å². The summed E-state index contributed by atoms with van der Waals surface area (Å²) >= 11 is 0. The van der Waals surface area contributed by atoms with Crippen LogP contribution in [0.15, 0.2) is 48.3 Å². The smallest absolute Gasteiger partial charge is 0.280 e. The number of nitrogens with zero attached hydrogens (tertiary/aromatic N) is 5. The highest BCUT2D eigenvalue weighted by Crippen LogP contribution is 2.29. The Labute approximate surface area is 162 Å². The third-order valence-electron chi connectivity index (χ3n) is 5.13. The molecule has 0 bridgehead atoms. The van der Waals surface area contributed by atoms with Gasteiger partial charge in [0.2, 0.25) is 0 Å². The van der Waals surface area contributed by atoms with Crippen LogP contribution in [0.25, 0.3) is 11.9 Å². The fraction of sp³-hybridized carbons (Fsp3) is 0.381. The van der Waals surface area contributed by atoms with E-state index < -0.39 is 6.43 Å². The molecule has 28 heavy (non-hydrogen) atoms. The van der Waals surface area contributed by atoms with E-state index in [9.17, 15) is 8.78 Å². The van der Waals surface area contributed by atoms with E-state index in [2.05, 4.69) is 45.1 Å². The Bertz CT molecular complexity index is 967. The summed E-state index contributed by atoms with van der Waals surface area (Å²) in [5.74, 6) is 0.363. The summed E-state index contributed by atoms with van der Waals surface area (Å²) in [7, 11) is 0.